The van der Waals surface area contributed by atoms with Gasteiger partial charge < -0.3 is 10.1 Å². The summed E-state index contributed by atoms with van der Waals surface area (Å²) in [5.41, 5.74) is 2.26. The lowest BCUT2D eigenvalue weighted by Crippen LogP contribution is -2.18. The minimum atomic E-state index is 0.0866. The number of hydrogen-bond acceptors (Lipinski definition) is 3. The molecule has 19 heavy (non-hydrogen) atoms. The molecule has 1 heterocycles. The van der Waals surface area contributed by atoms with E-state index >= 15 is 0 Å². The first-order chi connectivity index (χ1) is 9.26. The second-order valence-corrected chi connectivity index (χ2v) is 4.98. The highest BCUT2D eigenvalue weighted by Gasteiger charge is 2.15. The molecule has 0 bridgehead atoms. The highest BCUT2D eigenvalue weighted by Crippen LogP contribution is 2.29. The van der Waals surface area contributed by atoms with Crippen molar-refractivity contribution in [2.75, 3.05) is 13.7 Å². The van der Waals surface area contributed by atoms with Crippen molar-refractivity contribution in [2.45, 2.75) is 13.0 Å². The fraction of sp³-hybridized carbons (Fsp3) is 0.267. The molecule has 4 heteroatoms. The SMILES string of the molecule is CCOc1cncc(C(NC)c2ccccc2Br)c1. The van der Waals surface area contributed by atoms with Crippen LogP contribution in [0.25, 0.3) is 0 Å². The van der Waals surface area contributed by atoms with Crippen molar-refractivity contribution in [3.8, 4) is 5.75 Å². The predicted molar refractivity (Wildman–Crippen MR) is 80.5 cm³/mol. The van der Waals surface area contributed by atoms with E-state index in [-0.39, 0.29) is 6.04 Å². The molecule has 2 rings (SSSR count). The van der Waals surface area contributed by atoms with Gasteiger partial charge in [0.05, 0.1) is 18.8 Å². The Morgan fingerprint density at radius 1 is 1.32 bits per heavy atom. The van der Waals surface area contributed by atoms with Crippen LogP contribution in [0.2, 0.25) is 0 Å². The van der Waals surface area contributed by atoms with Crippen LogP contribution in [0.1, 0.15) is 24.1 Å². The van der Waals surface area contributed by atoms with Crippen molar-refractivity contribution in [1.82, 2.24) is 10.3 Å². The van der Waals surface area contributed by atoms with Crippen LogP contribution >= 0.6 is 15.9 Å². The van der Waals surface area contributed by atoms with Gasteiger partial charge in [0.15, 0.2) is 0 Å². The summed E-state index contributed by atoms with van der Waals surface area (Å²) in [6.07, 6.45) is 3.60. The molecule has 0 saturated carbocycles. The van der Waals surface area contributed by atoms with E-state index in [1.807, 2.05) is 44.4 Å². The van der Waals surface area contributed by atoms with Crippen molar-refractivity contribution in [3.63, 3.8) is 0 Å². The third-order valence-electron chi connectivity index (χ3n) is 2.88. The summed E-state index contributed by atoms with van der Waals surface area (Å²) in [6, 6.07) is 10.3. The summed E-state index contributed by atoms with van der Waals surface area (Å²) < 4.78 is 6.59. The van der Waals surface area contributed by atoms with Crippen LogP contribution in [0.4, 0.5) is 0 Å². The molecule has 100 valence electrons. The van der Waals surface area contributed by atoms with Gasteiger partial charge in [-0.15, -0.1) is 0 Å². The van der Waals surface area contributed by atoms with Gasteiger partial charge in [-0.2, -0.15) is 0 Å². The zero-order valence-electron chi connectivity index (χ0n) is 11.1. The minimum absolute atomic E-state index is 0.0866. The molecule has 0 aliphatic heterocycles. The van der Waals surface area contributed by atoms with Crippen LogP contribution in [0.15, 0.2) is 47.2 Å². The summed E-state index contributed by atoms with van der Waals surface area (Å²) in [6.45, 7) is 2.61. The van der Waals surface area contributed by atoms with E-state index in [9.17, 15) is 0 Å². The molecule has 0 amide bonds. The summed E-state index contributed by atoms with van der Waals surface area (Å²) in [4.78, 5) is 4.25. The number of nitrogens with one attached hydrogen (secondary N) is 1. The highest BCUT2D eigenvalue weighted by atomic mass is 79.9. The van der Waals surface area contributed by atoms with E-state index in [0.717, 1.165) is 15.8 Å². The molecule has 0 aliphatic carbocycles. The number of rotatable bonds is 5. The first-order valence-corrected chi connectivity index (χ1v) is 7.05. The Balaban J connectivity index is 2.37. The molecule has 0 saturated heterocycles. The largest absolute Gasteiger partial charge is 0.492 e. The quantitative estimate of drug-likeness (QED) is 0.914. The fourth-order valence-corrected chi connectivity index (χ4v) is 2.56. The number of ether oxygens (including phenoxy) is 1. The Hall–Kier alpha value is -1.39. The third-order valence-corrected chi connectivity index (χ3v) is 3.61. The van der Waals surface area contributed by atoms with E-state index in [2.05, 4.69) is 32.3 Å². The second-order valence-electron chi connectivity index (χ2n) is 4.13. The maximum atomic E-state index is 5.51. The van der Waals surface area contributed by atoms with Gasteiger partial charge in [-0.25, -0.2) is 0 Å². The van der Waals surface area contributed by atoms with Gasteiger partial charge in [0, 0.05) is 10.7 Å². The molecule has 3 nitrogen and oxygen atoms in total. The normalized spacial score (nSPS) is 12.2. The molecule has 0 radical (unpaired) electrons. The third kappa shape index (κ3) is 3.33. The van der Waals surface area contributed by atoms with Gasteiger partial charge in [0.25, 0.3) is 0 Å². The Kier molecular flexibility index (Phi) is 4.93. The number of nitrogens with zero attached hydrogens (tertiary/aromatic N) is 1. The van der Waals surface area contributed by atoms with Crippen molar-refractivity contribution in [1.29, 1.82) is 0 Å². The first kappa shape index (κ1) is 14.0. The van der Waals surface area contributed by atoms with Crippen LogP contribution < -0.4 is 10.1 Å². The van der Waals surface area contributed by atoms with E-state index < -0.39 is 0 Å². The smallest absolute Gasteiger partial charge is 0.137 e. The first-order valence-electron chi connectivity index (χ1n) is 6.25. The standard InChI is InChI=1S/C15H17BrN2O/c1-3-19-12-8-11(9-18-10-12)15(17-2)13-6-4-5-7-14(13)16/h4-10,15,17H,3H2,1-2H3. The van der Waals surface area contributed by atoms with Gasteiger partial charge >= 0.3 is 0 Å². The minimum Gasteiger partial charge on any atom is -0.492 e. The van der Waals surface area contributed by atoms with Crippen molar-refractivity contribution < 1.29 is 4.74 Å². The number of benzene rings is 1. The molecule has 1 N–H and O–H groups in total. The Bertz CT molecular complexity index is 545. The summed E-state index contributed by atoms with van der Waals surface area (Å²) in [5.74, 6) is 0.798. The number of aromatic nitrogens is 1. The van der Waals surface area contributed by atoms with E-state index in [1.54, 1.807) is 6.20 Å². The van der Waals surface area contributed by atoms with Crippen molar-refractivity contribution in [3.05, 3.63) is 58.3 Å². The molecule has 1 aromatic heterocycles. The average Bonchev–Trinajstić information content (AvgIpc) is 2.43. The van der Waals surface area contributed by atoms with Gasteiger partial charge in [-0.3, -0.25) is 4.98 Å². The molecule has 0 aliphatic rings. The van der Waals surface area contributed by atoms with Crippen LogP contribution in [0.3, 0.4) is 0 Å². The van der Waals surface area contributed by atoms with Crippen LogP contribution in [0, 0.1) is 0 Å². The van der Waals surface area contributed by atoms with E-state index in [4.69, 9.17) is 4.74 Å². The monoisotopic (exact) mass is 320 g/mol. The average molecular weight is 321 g/mol. The highest BCUT2D eigenvalue weighted by molar-refractivity contribution is 9.10. The van der Waals surface area contributed by atoms with E-state index in [1.165, 1.54) is 5.56 Å². The Morgan fingerprint density at radius 3 is 2.79 bits per heavy atom. The molecule has 1 aromatic carbocycles. The maximum Gasteiger partial charge on any atom is 0.137 e. The van der Waals surface area contributed by atoms with Crippen LogP contribution in [-0.2, 0) is 0 Å². The predicted octanol–water partition coefficient (Wildman–Crippen LogP) is 3.55. The maximum absolute atomic E-state index is 5.51. The molecule has 2 aromatic rings. The zero-order chi connectivity index (χ0) is 13.7. The molecule has 0 fully saturated rings. The van der Waals surface area contributed by atoms with Gasteiger partial charge in [-0.1, -0.05) is 34.1 Å². The molecular formula is C15H17BrN2O. The lowest BCUT2D eigenvalue weighted by molar-refractivity contribution is 0.338. The number of halogens is 1. The summed E-state index contributed by atoms with van der Waals surface area (Å²) in [5, 5.41) is 3.32. The van der Waals surface area contributed by atoms with Gasteiger partial charge in [0.2, 0.25) is 0 Å². The Morgan fingerprint density at radius 2 is 2.11 bits per heavy atom. The lowest BCUT2D eigenvalue weighted by Gasteiger charge is -2.19. The summed E-state index contributed by atoms with van der Waals surface area (Å²) >= 11 is 3.59. The summed E-state index contributed by atoms with van der Waals surface area (Å²) in [7, 11) is 1.94. The molecule has 1 atom stereocenters. The lowest BCUT2D eigenvalue weighted by atomic mass is 10.0. The molecular weight excluding hydrogens is 304 g/mol. The second kappa shape index (κ2) is 6.68. The van der Waals surface area contributed by atoms with Crippen molar-refractivity contribution in [2.24, 2.45) is 0 Å². The van der Waals surface area contributed by atoms with Crippen LogP contribution in [0.5, 0.6) is 5.75 Å². The van der Waals surface area contributed by atoms with E-state index in [0.29, 0.717) is 6.61 Å². The number of hydrogen-bond donors (Lipinski definition) is 1. The van der Waals surface area contributed by atoms with Crippen LogP contribution in [-0.4, -0.2) is 18.6 Å². The molecule has 0 spiro atoms. The molecule has 1 unspecified atom stereocenters. The Labute approximate surface area is 122 Å². The van der Waals surface area contributed by atoms with Gasteiger partial charge in [0.1, 0.15) is 5.75 Å². The number of pyridine rings is 1. The van der Waals surface area contributed by atoms with Gasteiger partial charge in [-0.05, 0) is 37.2 Å². The zero-order valence-corrected chi connectivity index (χ0v) is 12.6. The van der Waals surface area contributed by atoms with Crippen molar-refractivity contribution >= 4 is 15.9 Å². The fourth-order valence-electron chi connectivity index (χ4n) is 2.05. The topological polar surface area (TPSA) is 34.1 Å².